The molecule has 5 heteroatoms. The predicted octanol–water partition coefficient (Wildman–Crippen LogP) is 3.69. The van der Waals surface area contributed by atoms with Crippen LogP contribution >= 0.6 is 0 Å². The number of hydrogen-bond acceptors (Lipinski definition) is 4. The summed E-state index contributed by atoms with van der Waals surface area (Å²) < 4.78 is 7.01. The van der Waals surface area contributed by atoms with Crippen LogP contribution in [0, 0.1) is 6.92 Å². The molecule has 0 saturated carbocycles. The third-order valence-corrected chi connectivity index (χ3v) is 3.75. The molecule has 2 heterocycles. The molecule has 2 aromatic heterocycles. The third kappa shape index (κ3) is 3.08. The van der Waals surface area contributed by atoms with E-state index in [1.165, 1.54) is 0 Å². The summed E-state index contributed by atoms with van der Waals surface area (Å²) in [6.07, 6.45) is 7.17. The zero-order valence-corrected chi connectivity index (χ0v) is 13.3. The number of ether oxygens (including phenoxy) is 1. The molecule has 0 unspecified atom stereocenters. The smallest absolute Gasteiger partial charge is 0.341 e. The van der Waals surface area contributed by atoms with Crippen molar-refractivity contribution in [3.8, 4) is 5.69 Å². The van der Waals surface area contributed by atoms with E-state index in [4.69, 9.17) is 4.74 Å². The molecular formula is C18H19N3O2. The summed E-state index contributed by atoms with van der Waals surface area (Å²) in [7, 11) is 0. The van der Waals surface area contributed by atoms with E-state index in [0.717, 1.165) is 29.3 Å². The average molecular weight is 309 g/mol. The van der Waals surface area contributed by atoms with Crippen LogP contribution in [0.1, 0.15) is 35.8 Å². The lowest BCUT2D eigenvalue weighted by molar-refractivity contribution is 0.0499. The van der Waals surface area contributed by atoms with Gasteiger partial charge in [0, 0.05) is 29.4 Å². The Morgan fingerprint density at radius 1 is 1.30 bits per heavy atom. The number of aromatic nitrogens is 3. The Balaban J connectivity index is 1.95. The van der Waals surface area contributed by atoms with Gasteiger partial charge in [0.15, 0.2) is 0 Å². The molecule has 23 heavy (non-hydrogen) atoms. The topological polar surface area (TPSA) is 57.0 Å². The van der Waals surface area contributed by atoms with E-state index in [1.54, 1.807) is 17.1 Å². The van der Waals surface area contributed by atoms with Crippen LogP contribution in [0.15, 0.2) is 42.9 Å². The normalized spacial score (nSPS) is 10.9. The van der Waals surface area contributed by atoms with E-state index in [0.29, 0.717) is 17.9 Å². The van der Waals surface area contributed by atoms with Crippen LogP contribution < -0.4 is 0 Å². The molecule has 118 valence electrons. The zero-order chi connectivity index (χ0) is 16.2. The molecule has 0 radical (unpaired) electrons. The maximum absolute atomic E-state index is 12.2. The first kappa shape index (κ1) is 15.2. The number of rotatable bonds is 5. The van der Waals surface area contributed by atoms with Crippen LogP contribution in [0.25, 0.3) is 16.5 Å². The largest absolute Gasteiger partial charge is 0.462 e. The fourth-order valence-corrected chi connectivity index (χ4v) is 2.48. The molecule has 3 rings (SSSR count). The molecule has 0 aliphatic heterocycles. The lowest BCUT2D eigenvalue weighted by atomic mass is 10.1. The summed E-state index contributed by atoms with van der Waals surface area (Å²) in [5.41, 5.74) is 2.09. The fraction of sp³-hybridized carbons (Fsp3) is 0.278. The number of esters is 1. The Bertz CT molecular complexity index is 834. The third-order valence-electron chi connectivity index (χ3n) is 3.75. The molecule has 0 N–H and O–H groups in total. The molecule has 0 amide bonds. The quantitative estimate of drug-likeness (QED) is 0.533. The number of benzene rings is 1. The Labute approximate surface area is 134 Å². The van der Waals surface area contributed by atoms with Crippen molar-refractivity contribution in [1.29, 1.82) is 0 Å². The van der Waals surface area contributed by atoms with Crippen molar-refractivity contribution in [2.24, 2.45) is 0 Å². The number of hydrogen-bond donors (Lipinski definition) is 0. The lowest BCUT2D eigenvalue weighted by Gasteiger charge is -2.05. The van der Waals surface area contributed by atoms with Gasteiger partial charge in [0.1, 0.15) is 5.56 Å². The molecule has 0 fully saturated rings. The van der Waals surface area contributed by atoms with Gasteiger partial charge in [-0.15, -0.1) is 0 Å². The summed E-state index contributed by atoms with van der Waals surface area (Å²) in [4.78, 5) is 16.3. The van der Waals surface area contributed by atoms with Crippen LogP contribution in [0.5, 0.6) is 0 Å². The van der Waals surface area contributed by atoms with Crippen LogP contribution in [0.4, 0.5) is 0 Å². The summed E-state index contributed by atoms with van der Waals surface area (Å²) in [6, 6.07) is 7.87. The maximum Gasteiger partial charge on any atom is 0.341 e. The van der Waals surface area contributed by atoms with Gasteiger partial charge in [-0.1, -0.05) is 25.5 Å². The van der Waals surface area contributed by atoms with Gasteiger partial charge in [-0.05, 0) is 25.5 Å². The molecule has 0 aliphatic rings. The van der Waals surface area contributed by atoms with Crippen LogP contribution in [0.2, 0.25) is 0 Å². The van der Waals surface area contributed by atoms with Crippen molar-refractivity contribution >= 4 is 16.7 Å². The van der Waals surface area contributed by atoms with Gasteiger partial charge in [-0.3, -0.25) is 4.98 Å². The highest BCUT2D eigenvalue weighted by atomic mass is 16.5. The van der Waals surface area contributed by atoms with Crippen LogP contribution in [0.3, 0.4) is 0 Å². The number of carbonyl (C=O) groups is 1. The predicted molar refractivity (Wildman–Crippen MR) is 88.8 cm³/mol. The van der Waals surface area contributed by atoms with Crippen molar-refractivity contribution in [3.05, 3.63) is 54.1 Å². The molecule has 0 aliphatic carbocycles. The Morgan fingerprint density at radius 3 is 3.00 bits per heavy atom. The van der Waals surface area contributed by atoms with Gasteiger partial charge in [-0.2, -0.15) is 5.10 Å². The zero-order valence-electron chi connectivity index (χ0n) is 13.3. The van der Waals surface area contributed by atoms with Gasteiger partial charge in [0.2, 0.25) is 0 Å². The molecule has 0 saturated heterocycles. The highest BCUT2D eigenvalue weighted by Crippen LogP contribution is 2.22. The van der Waals surface area contributed by atoms with Crippen molar-refractivity contribution in [2.45, 2.75) is 26.7 Å². The van der Waals surface area contributed by atoms with Gasteiger partial charge in [-0.25, -0.2) is 9.48 Å². The fourth-order valence-electron chi connectivity index (χ4n) is 2.48. The molecule has 1 aromatic carbocycles. The Hall–Kier alpha value is -2.69. The first-order valence-electron chi connectivity index (χ1n) is 7.77. The van der Waals surface area contributed by atoms with Crippen molar-refractivity contribution in [1.82, 2.24) is 14.8 Å². The van der Waals surface area contributed by atoms with Gasteiger partial charge < -0.3 is 4.74 Å². The number of unbranched alkanes of at least 4 members (excludes halogenated alkanes) is 1. The van der Waals surface area contributed by atoms with E-state index in [2.05, 4.69) is 17.0 Å². The summed E-state index contributed by atoms with van der Waals surface area (Å²) in [6.45, 7) is 4.33. The van der Waals surface area contributed by atoms with Crippen molar-refractivity contribution in [3.63, 3.8) is 0 Å². The second-order valence-corrected chi connectivity index (χ2v) is 5.44. The number of carbonyl (C=O) groups excluding carboxylic acids is 1. The molecule has 5 nitrogen and oxygen atoms in total. The maximum atomic E-state index is 12.2. The van der Waals surface area contributed by atoms with Gasteiger partial charge in [0.05, 0.1) is 18.0 Å². The minimum atomic E-state index is -0.316. The van der Waals surface area contributed by atoms with Crippen molar-refractivity contribution < 1.29 is 9.53 Å². The average Bonchev–Trinajstić information content (AvgIpc) is 2.96. The van der Waals surface area contributed by atoms with Crippen LogP contribution in [-0.2, 0) is 4.74 Å². The number of aryl methyl sites for hydroxylation is 1. The van der Waals surface area contributed by atoms with E-state index >= 15 is 0 Å². The Morgan fingerprint density at radius 2 is 2.17 bits per heavy atom. The van der Waals surface area contributed by atoms with E-state index in [1.807, 2.05) is 37.4 Å². The second-order valence-electron chi connectivity index (χ2n) is 5.44. The minimum Gasteiger partial charge on any atom is -0.462 e. The lowest BCUT2D eigenvalue weighted by Crippen LogP contribution is -2.06. The van der Waals surface area contributed by atoms with Gasteiger partial charge >= 0.3 is 5.97 Å². The van der Waals surface area contributed by atoms with E-state index < -0.39 is 0 Å². The van der Waals surface area contributed by atoms with E-state index in [9.17, 15) is 4.79 Å². The molecule has 0 atom stereocenters. The number of nitrogens with zero attached hydrogens (tertiary/aromatic N) is 3. The number of fused-ring (bicyclic) bond motifs is 1. The minimum absolute atomic E-state index is 0.316. The summed E-state index contributed by atoms with van der Waals surface area (Å²) in [5.74, 6) is -0.316. The summed E-state index contributed by atoms with van der Waals surface area (Å²) in [5, 5.41) is 6.55. The highest BCUT2D eigenvalue weighted by molar-refractivity contribution is 5.92. The first-order valence-corrected chi connectivity index (χ1v) is 7.77. The Kier molecular flexibility index (Phi) is 4.37. The van der Waals surface area contributed by atoms with Crippen LogP contribution in [-0.4, -0.2) is 27.3 Å². The molecule has 3 aromatic rings. The number of pyridine rings is 1. The molecule has 0 spiro atoms. The molecule has 0 bridgehead atoms. The molecular weight excluding hydrogens is 290 g/mol. The monoisotopic (exact) mass is 309 g/mol. The standard InChI is InChI=1S/C18H19N3O2/c1-3-4-10-23-18(22)16-12-21(20-13(16)2)17-7-5-6-14-11-19-9-8-15(14)17/h5-9,11-12H,3-4,10H2,1-2H3. The van der Waals surface area contributed by atoms with Crippen molar-refractivity contribution in [2.75, 3.05) is 6.61 Å². The van der Waals surface area contributed by atoms with E-state index in [-0.39, 0.29) is 5.97 Å². The first-order chi connectivity index (χ1) is 11.2. The SMILES string of the molecule is CCCCOC(=O)c1cn(-c2cccc3cnccc23)nc1C. The second kappa shape index (κ2) is 6.60. The highest BCUT2D eigenvalue weighted by Gasteiger charge is 2.16. The summed E-state index contributed by atoms with van der Waals surface area (Å²) >= 11 is 0. The van der Waals surface area contributed by atoms with Gasteiger partial charge in [0.25, 0.3) is 0 Å².